The fraction of sp³-hybridized carbons (Fsp3) is 0.308. The van der Waals surface area contributed by atoms with Crippen LogP contribution >= 0.6 is 0 Å². The SMILES string of the molecule is CCOC(=O)c1cn(C2CCCCO2)nc1Cn1ncc2cc(S(=O)(=O)c3ccccc3)ccc2c1=O. The van der Waals surface area contributed by atoms with Crippen LogP contribution < -0.4 is 5.56 Å². The van der Waals surface area contributed by atoms with E-state index in [0.717, 1.165) is 19.3 Å². The van der Waals surface area contributed by atoms with Crippen LogP contribution in [0, 0.1) is 0 Å². The van der Waals surface area contributed by atoms with E-state index in [1.54, 1.807) is 36.0 Å². The topological polar surface area (TPSA) is 122 Å². The third-order valence-electron chi connectivity index (χ3n) is 6.24. The highest BCUT2D eigenvalue weighted by Gasteiger charge is 2.24. The third kappa shape index (κ3) is 4.92. The minimum atomic E-state index is -3.74. The van der Waals surface area contributed by atoms with E-state index in [0.29, 0.717) is 23.1 Å². The van der Waals surface area contributed by atoms with Gasteiger partial charge in [0.1, 0.15) is 11.8 Å². The van der Waals surface area contributed by atoms with Gasteiger partial charge in [-0.3, -0.25) is 4.79 Å². The summed E-state index contributed by atoms with van der Waals surface area (Å²) >= 11 is 0. The molecule has 1 atom stereocenters. The van der Waals surface area contributed by atoms with Crippen LogP contribution in [0.1, 0.15) is 48.5 Å². The zero-order chi connectivity index (χ0) is 26.0. The molecule has 1 fully saturated rings. The second kappa shape index (κ2) is 10.3. The fourth-order valence-electron chi connectivity index (χ4n) is 4.33. The molecule has 11 heteroatoms. The number of esters is 1. The first kappa shape index (κ1) is 24.8. The summed E-state index contributed by atoms with van der Waals surface area (Å²) in [5, 5.41) is 9.48. The largest absolute Gasteiger partial charge is 0.462 e. The smallest absolute Gasteiger partial charge is 0.341 e. The normalized spacial score (nSPS) is 16.1. The molecule has 0 aliphatic carbocycles. The Morgan fingerprint density at radius 2 is 1.95 bits per heavy atom. The minimum Gasteiger partial charge on any atom is -0.462 e. The van der Waals surface area contributed by atoms with Crippen molar-refractivity contribution in [1.29, 1.82) is 0 Å². The van der Waals surface area contributed by atoms with Crippen LogP contribution in [0.3, 0.4) is 0 Å². The summed E-state index contributed by atoms with van der Waals surface area (Å²) in [7, 11) is -3.74. The second-order valence-electron chi connectivity index (χ2n) is 8.68. The Morgan fingerprint density at radius 3 is 2.68 bits per heavy atom. The molecular weight excluding hydrogens is 496 g/mol. The number of aromatic nitrogens is 4. The van der Waals surface area contributed by atoms with Crippen molar-refractivity contribution in [2.75, 3.05) is 13.2 Å². The predicted molar refractivity (Wildman–Crippen MR) is 134 cm³/mol. The van der Waals surface area contributed by atoms with Crippen LogP contribution in [0.15, 0.2) is 75.5 Å². The number of carbonyl (C=O) groups excluding carboxylic acids is 1. The van der Waals surface area contributed by atoms with E-state index in [1.165, 1.54) is 41.2 Å². The molecule has 2 aromatic carbocycles. The number of nitrogens with zero attached hydrogens (tertiary/aromatic N) is 4. The number of fused-ring (bicyclic) bond motifs is 1. The van der Waals surface area contributed by atoms with Crippen LogP contribution in [0.25, 0.3) is 10.8 Å². The highest BCUT2D eigenvalue weighted by molar-refractivity contribution is 7.91. The molecule has 4 aromatic rings. The van der Waals surface area contributed by atoms with E-state index in [9.17, 15) is 18.0 Å². The number of carbonyl (C=O) groups is 1. The van der Waals surface area contributed by atoms with Crippen molar-refractivity contribution >= 4 is 26.6 Å². The van der Waals surface area contributed by atoms with Gasteiger partial charge < -0.3 is 9.47 Å². The molecule has 1 unspecified atom stereocenters. The average Bonchev–Trinajstić information content (AvgIpc) is 3.35. The van der Waals surface area contributed by atoms with E-state index in [-0.39, 0.29) is 34.7 Å². The van der Waals surface area contributed by atoms with Gasteiger partial charge >= 0.3 is 5.97 Å². The number of ether oxygens (including phenoxy) is 2. The molecule has 1 aliphatic rings. The fourth-order valence-corrected chi connectivity index (χ4v) is 5.65. The molecule has 5 rings (SSSR count). The van der Waals surface area contributed by atoms with Crippen LogP contribution in [0.5, 0.6) is 0 Å². The molecule has 0 amide bonds. The van der Waals surface area contributed by atoms with Crippen LogP contribution in [-0.4, -0.2) is 47.2 Å². The zero-order valence-electron chi connectivity index (χ0n) is 20.2. The number of sulfone groups is 1. The monoisotopic (exact) mass is 522 g/mol. The minimum absolute atomic E-state index is 0.0628. The molecule has 0 spiro atoms. The third-order valence-corrected chi connectivity index (χ3v) is 8.01. The van der Waals surface area contributed by atoms with Gasteiger partial charge in [-0.15, -0.1) is 0 Å². The number of hydrogen-bond donors (Lipinski definition) is 0. The van der Waals surface area contributed by atoms with Crippen molar-refractivity contribution < 1.29 is 22.7 Å². The zero-order valence-corrected chi connectivity index (χ0v) is 21.1. The molecule has 10 nitrogen and oxygen atoms in total. The Kier molecular flexibility index (Phi) is 6.90. The summed E-state index contributed by atoms with van der Waals surface area (Å²) in [6.07, 6.45) is 5.47. The molecule has 3 heterocycles. The Balaban J connectivity index is 1.49. The van der Waals surface area contributed by atoms with Gasteiger partial charge in [-0.25, -0.2) is 22.6 Å². The van der Waals surface area contributed by atoms with Crippen LogP contribution in [0.4, 0.5) is 0 Å². The Hall–Kier alpha value is -3.83. The van der Waals surface area contributed by atoms with Gasteiger partial charge in [0, 0.05) is 18.2 Å². The summed E-state index contributed by atoms with van der Waals surface area (Å²) in [5.74, 6) is -0.538. The summed E-state index contributed by atoms with van der Waals surface area (Å²) in [6.45, 7) is 2.47. The quantitative estimate of drug-likeness (QED) is 0.339. The summed E-state index contributed by atoms with van der Waals surface area (Å²) in [4.78, 5) is 26.1. The molecule has 1 aliphatic heterocycles. The summed E-state index contributed by atoms with van der Waals surface area (Å²) in [6, 6.07) is 12.4. The Morgan fingerprint density at radius 1 is 1.14 bits per heavy atom. The van der Waals surface area contributed by atoms with Gasteiger partial charge in [-0.1, -0.05) is 18.2 Å². The molecule has 192 valence electrons. The summed E-state index contributed by atoms with van der Waals surface area (Å²) < 4.78 is 39.8. The molecular formula is C26H26N4O6S. The number of rotatable bonds is 7. The average molecular weight is 523 g/mol. The van der Waals surface area contributed by atoms with E-state index < -0.39 is 21.4 Å². The second-order valence-corrected chi connectivity index (χ2v) is 10.6. The van der Waals surface area contributed by atoms with Crippen molar-refractivity contribution in [2.24, 2.45) is 0 Å². The molecule has 37 heavy (non-hydrogen) atoms. The number of benzene rings is 2. The lowest BCUT2D eigenvalue weighted by atomic mass is 10.2. The van der Waals surface area contributed by atoms with Gasteiger partial charge in [0.15, 0.2) is 0 Å². The molecule has 0 bridgehead atoms. The maximum absolute atomic E-state index is 13.3. The highest BCUT2D eigenvalue weighted by atomic mass is 32.2. The van der Waals surface area contributed by atoms with E-state index in [1.807, 2.05) is 0 Å². The van der Waals surface area contributed by atoms with Gasteiger partial charge in [0.05, 0.1) is 40.2 Å². The maximum atomic E-state index is 13.3. The summed E-state index contributed by atoms with van der Waals surface area (Å²) in [5.41, 5.74) is 0.151. The standard InChI is InChI=1S/C26H26N4O6S/c1-2-35-26(32)22-16-29(24-10-6-7-13-36-24)28-23(22)17-30-25(31)21-12-11-20(14-18(21)15-27-30)37(33,34)19-8-4-3-5-9-19/h3-5,8-9,11-12,14-16,24H,2,6-7,10,13,17H2,1H3. The van der Waals surface area contributed by atoms with Crippen molar-refractivity contribution in [1.82, 2.24) is 19.6 Å². The van der Waals surface area contributed by atoms with Crippen molar-refractivity contribution in [3.05, 3.63) is 82.5 Å². The van der Waals surface area contributed by atoms with Crippen LogP contribution in [-0.2, 0) is 25.9 Å². The first-order chi connectivity index (χ1) is 17.9. The van der Waals surface area contributed by atoms with E-state index >= 15 is 0 Å². The van der Waals surface area contributed by atoms with Crippen molar-refractivity contribution in [2.45, 2.75) is 48.7 Å². The lowest BCUT2D eigenvalue weighted by molar-refractivity contribution is -0.0397. The molecule has 1 saturated heterocycles. The first-order valence-electron chi connectivity index (χ1n) is 12.1. The highest BCUT2D eigenvalue weighted by Crippen LogP contribution is 2.25. The molecule has 2 aromatic heterocycles. The molecule has 0 N–H and O–H groups in total. The number of hydrogen-bond acceptors (Lipinski definition) is 8. The molecule has 0 saturated carbocycles. The maximum Gasteiger partial charge on any atom is 0.341 e. The van der Waals surface area contributed by atoms with Gasteiger partial charge in [0.25, 0.3) is 5.56 Å². The first-order valence-corrected chi connectivity index (χ1v) is 13.5. The van der Waals surface area contributed by atoms with Gasteiger partial charge in [-0.05, 0) is 56.5 Å². The van der Waals surface area contributed by atoms with Gasteiger partial charge in [-0.2, -0.15) is 10.2 Å². The Labute approximate surface area is 213 Å². The van der Waals surface area contributed by atoms with Crippen LogP contribution in [0.2, 0.25) is 0 Å². The van der Waals surface area contributed by atoms with E-state index in [4.69, 9.17) is 9.47 Å². The van der Waals surface area contributed by atoms with Gasteiger partial charge in [0.2, 0.25) is 9.84 Å². The van der Waals surface area contributed by atoms with Crippen molar-refractivity contribution in [3.8, 4) is 0 Å². The van der Waals surface area contributed by atoms with E-state index in [2.05, 4.69) is 10.2 Å². The lowest BCUT2D eigenvalue weighted by Crippen LogP contribution is -2.25. The van der Waals surface area contributed by atoms with Crippen molar-refractivity contribution in [3.63, 3.8) is 0 Å². The lowest BCUT2D eigenvalue weighted by Gasteiger charge is -2.22. The Bertz CT molecular complexity index is 1610. The predicted octanol–water partition coefficient (Wildman–Crippen LogP) is 3.35. The molecule has 0 radical (unpaired) electrons.